The number of rotatable bonds is 1. The number of benzene rings is 1. The third-order valence-electron chi connectivity index (χ3n) is 2.03. The molecule has 0 aliphatic carbocycles. The highest BCUT2D eigenvalue weighted by Gasteiger charge is 2.05. The Bertz CT molecular complexity index is 418. The van der Waals surface area contributed by atoms with Crippen molar-refractivity contribution in [3.8, 4) is 11.1 Å². The normalized spacial score (nSPS) is 10.2. The number of H-pyrrole nitrogens is 1. The van der Waals surface area contributed by atoms with Crippen molar-refractivity contribution in [2.24, 2.45) is 0 Å². The average Bonchev–Trinajstić information content (AvgIpc) is 2.52. The van der Waals surface area contributed by atoms with Crippen LogP contribution in [-0.4, -0.2) is 4.98 Å². The second-order valence-electron chi connectivity index (χ2n) is 2.91. The Morgan fingerprint density at radius 2 is 1.62 bits per heavy atom. The van der Waals surface area contributed by atoms with Crippen molar-refractivity contribution in [2.75, 3.05) is 11.5 Å². The van der Waals surface area contributed by atoms with E-state index in [1.54, 1.807) is 6.20 Å². The molecule has 0 saturated heterocycles. The molecular weight excluding hydrogens is 162 g/mol. The lowest BCUT2D eigenvalue weighted by molar-refractivity contribution is 1.41. The van der Waals surface area contributed by atoms with Crippen LogP contribution in [-0.2, 0) is 0 Å². The molecule has 2 rings (SSSR count). The average molecular weight is 173 g/mol. The monoisotopic (exact) mass is 173 g/mol. The fourth-order valence-corrected chi connectivity index (χ4v) is 1.35. The van der Waals surface area contributed by atoms with Crippen LogP contribution in [0, 0.1) is 0 Å². The van der Waals surface area contributed by atoms with Gasteiger partial charge in [-0.25, -0.2) is 0 Å². The summed E-state index contributed by atoms with van der Waals surface area (Å²) in [5.74, 6) is 0. The number of aromatic nitrogens is 1. The van der Waals surface area contributed by atoms with Gasteiger partial charge in [0.1, 0.15) is 0 Å². The predicted octanol–water partition coefficient (Wildman–Crippen LogP) is 1.85. The summed E-state index contributed by atoms with van der Waals surface area (Å²) in [6.45, 7) is 0. The van der Waals surface area contributed by atoms with Crippen molar-refractivity contribution in [2.45, 2.75) is 0 Å². The van der Waals surface area contributed by atoms with E-state index in [1.165, 1.54) is 0 Å². The van der Waals surface area contributed by atoms with Gasteiger partial charge in [0.05, 0.1) is 5.69 Å². The van der Waals surface area contributed by atoms with Gasteiger partial charge < -0.3 is 16.5 Å². The fourth-order valence-electron chi connectivity index (χ4n) is 1.35. The highest BCUT2D eigenvalue weighted by Crippen LogP contribution is 2.29. The SMILES string of the molecule is Nc1ccccc1-c1c[nH]cc1N. The van der Waals surface area contributed by atoms with E-state index in [4.69, 9.17) is 11.5 Å². The smallest absolute Gasteiger partial charge is 0.0572 e. The summed E-state index contributed by atoms with van der Waals surface area (Å²) in [6.07, 6.45) is 3.60. The van der Waals surface area contributed by atoms with E-state index >= 15 is 0 Å². The summed E-state index contributed by atoms with van der Waals surface area (Å²) in [5.41, 5.74) is 15.0. The lowest BCUT2D eigenvalue weighted by Gasteiger charge is -2.03. The van der Waals surface area contributed by atoms with Crippen molar-refractivity contribution < 1.29 is 0 Å². The summed E-state index contributed by atoms with van der Waals surface area (Å²) in [4.78, 5) is 2.94. The molecular formula is C10H11N3. The molecule has 0 spiro atoms. The van der Waals surface area contributed by atoms with Crippen molar-refractivity contribution in [3.63, 3.8) is 0 Å². The number of hydrogen-bond donors (Lipinski definition) is 3. The van der Waals surface area contributed by atoms with Crippen LogP contribution >= 0.6 is 0 Å². The lowest BCUT2D eigenvalue weighted by atomic mass is 10.1. The number of nitrogens with one attached hydrogen (secondary N) is 1. The maximum atomic E-state index is 5.81. The fraction of sp³-hybridized carbons (Fsp3) is 0. The van der Waals surface area contributed by atoms with Gasteiger partial charge in [-0.2, -0.15) is 0 Å². The van der Waals surface area contributed by atoms with Crippen LogP contribution in [0.1, 0.15) is 0 Å². The molecule has 1 aromatic carbocycles. The molecule has 2 aromatic rings. The zero-order chi connectivity index (χ0) is 9.26. The van der Waals surface area contributed by atoms with Crippen molar-refractivity contribution in [1.29, 1.82) is 0 Å². The van der Waals surface area contributed by atoms with Gasteiger partial charge in [-0.3, -0.25) is 0 Å². The summed E-state index contributed by atoms with van der Waals surface area (Å²) < 4.78 is 0. The molecule has 5 N–H and O–H groups in total. The first kappa shape index (κ1) is 7.73. The van der Waals surface area contributed by atoms with Gasteiger partial charge in [-0.15, -0.1) is 0 Å². The molecule has 0 unspecified atom stereocenters. The third-order valence-corrected chi connectivity index (χ3v) is 2.03. The molecule has 0 aliphatic rings. The van der Waals surface area contributed by atoms with E-state index in [-0.39, 0.29) is 0 Å². The molecule has 66 valence electrons. The Balaban J connectivity index is 2.59. The molecule has 0 aliphatic heterocycles. The van der Waals surface area contributed by atoms with Crippen LogP contribution in [0.15, 0.2) is 36.7 Å². The minimum absolute atomic E-state index is 0.720. The Morgan fingerprint density at radius 1 is 0.846 bits per heavy atom. The number of nitrogen functional groups attached to an aromatic ring is 2. The van der Waals surface area contributed by atoms with Crippen LogP contribution in [0.2, 0.25) is 0 Å². The Hall–Kier alpha value is -1.90. The van der Waals surface area contributed by atoms with Gasteiger partial charge in [0.25, 0.3) is 0 Å². The molecule has 1 aromatic heterocycles. The summed E-state index contributed by atoms with van der Waals surface area (Å²) in [6, 6.07) is 7.66. The standard InChI is InChI=1S/C10H11N3/c11-9-4-2-1-3-7(9)8-5-13-6-10(8)12/h1-6,13H,11-12H2. The third kappa shape index (κ3) is 1.24. The number of anilines is 2. The highest BCUT2D eigenvalue weighted by molar-refractivity contribution is 5.83. The molecule has 0 atom stereocenters. The van der Waals surface area contributed by atoms with Crippen LogP contribution in [0.5, 0.6) is 0 Å². The minimum Gasteiger partial charge on any atom is -0.398 e. The van der Waals surface area contributed by atoms with E-state index < -0.39 is 0 Å². The molecule has 0 radical (unpaired) electrons. The number of nitrogens with two attached hydrogens (primary N) is 2. The van der Waals surface area contributed by atoms with Gasteiger partial charge in [0, 0.05) is 29.2 Å². The van der Waals surface area contributed by atoms with Crippen LogP contribution < -0.4 is 11.5 Å². The second-order valence-corrected chi connectivity index (χ2v) is 2.91. The lowest BCUT2D eigenvalue weighted by Crippen LogP contribution is -1.90. The van der Waals surface area contributed by atoms with Gasteiger partial charge in [-0.05, 0) is 6.07 Å². The summed E-state index contributed by atoms with van der Waals surface area (Å²) in [7, 11) is 0. The predicted molar refractivity (Wildman–Crippen MR) is 55.1 cm³/mol. The summed E-state index contributed by atoms with van der Waals surface area (Å²) in [5, 5.41) is 0. The Labute approximate surface area is 76.4 Å². The number of aromatic amines is 1. The highest BCUT2D eigenvalue weighted by atomic mass is 14.7. The van der Waals surface area contributed by atoms with E-state index in [2.05, 4.69) is 4.98 Å². The molecule has 0 bridgehead atoms. The molecule has 0 saturated carbocycles. The van der Waals surface area contributed by atoms with Crippen molar-refractivity contribution in [1.82, 2.24) is 4.98 Å². The molecule has 0 fully saturated rings. The van der Waals surface area contributed by atoms with Gasteiger partial charge >= 0.3 is 0 Å². The number of hydrogen-bond acceptors (Lipinski definition) is 2. The van der Waals surface area contributed by atoms with Gasteiger partial charge in [0.15, 0.2) is 0 Å². The molecule has 1 heterocycles. The van der Waals surface area contributed by atoms with Gasteiger partial charge in [0.2, 0.25) is 0 Å². The van der Waals surface area contributed by atoms with Crippen LogP contribution in [0.4, 0.5) is 11.4 Å². The van der Waals surface area contributed by atoms with E-state index in [1.807, 2.05) is 30.5 Å². The maximum Gasteiger partial charge on any atom is 0.0572 e. The summed E-state index contributed by atoms with van der Waals surface area (Å²) >= 11 is 0. The first-order chi connectivity index (χ1) is 6.29. The van der Waals surface area contributed by atoms with E-state index in [0.717, 1.165) is 22.5 Å². The first-order valence-corrected chi connectivity index (χ1v) is 4.06. The zero-order valence-corrected chi connectivity index (χ0v) is 7.12. The number of para-hydroxylation sites is 1. The Kier molecular flexibility index (Phi) is 1.70. The van der Waals surface area contributed by atoms with E-state index in [9.17, 15) is 0 Å². The Morgan fingerprint density at radius 3 is 2.23 bits per heavy atom. The maximum absolute atomic E-state index is 5.81. The second kappa shape index (κ2) is 2.86. The topological polar surface area (TPSA) is 67.8 Å². The molecule has 3 nitrogen and oxygen atoms in total. The van der Waals surface area contributed by atoms with Crippen molar-refractivity contribution >= 4 is 11.4 Å². The van der Waals surface area contributed by atoms with Gasteiger partial charge in [-0.1, -0.05) is 18.2 Å². The van der Waals surface area contributed by atoms with E-state index in [0.29, 0.717) is 0 Å². The zero-order valence-electron chi connectivity index (χ0n) is 7.12. The molecule has 0 amide bonds. The molecule has 3 heteroatoms. The van der Waals surface area contributed by atoms with Crippen LogP contribution in [0.3, 0.4) is 0 Å². The largest absolute Gasteiger partial charge is 0.398 e. The first-order valence-electron chi connectivity index (χ1n) is 4.06. The quantitative estimate of drug-likeness (QED) is 0.576. The minimum atomic E-state index is 0.720. The van der Waals surface area contributed by atoms with Crippen LogP contribution in [0.25, 0.3) is 11.1 Å². The molecule has 13 heavy (non-hydrogen) atoms. The van der Waals surface area contributed by atoms with Crippen molar-refractivity contribution in [3.05, 3.63) is 36.7 Å².